The summed E-state index contributed by atoms with van der Waals surface area (Å²) in [5, 5.41) is 12.8. The molecule has 2 aromatic rings. The van der Waals surface area contributed by atoms with Gasteiger partial charge < -0.3 is 19.7 Å². The molecule has 2 N–H and O–H groups in total. The first-order valence-electron chi connectivity index (χ1n) is 10.8. The Balaban J connectivity index is 1.41. The lowest BCUT2D eigenvalue weighted by molar-refractivity contribution is -0.123. The molecule has 0 bridgehead atoms. The van der Waals surface area contributed by atoms with Crippen molar-refractivity contribution in [2.75, 3.05) is 6.73 Å². The zero-order valence-corrected chi connectivity index (χ0v) is 18.6. The monoisotopic (exact) mass is 486 g/mol. The standard InChI is InChI=1S/C23H21BF2N2O7/c1-23(25,26)10-9-18(29)27-17-11-13-5-4-8-16(19(13)35-24(17)33)22(32)34-12-28-20(30)14-6-2-3-7-15(14)21(28)31/h2-8,17,33H,9-12H2,1H3,(H,27,29)/t17-/m0/s1. The number of fused-ring (bicyclic) bond motifs is 2. The van der Waals surface area contributed by atoms with E-state index in [0.717, 1.165) is 4.90 Å². The lowest BCUT2D eigenvalue weighted by Crippen LogP contribution is -2.53. The number of para-hydroxylation sites is 1. The number of nitrogens with zero attached hydrogens (tertiary/aromatic N) is 1. The highest BCUT2D eigenvalue weighted by Gasteiger charge is 2.39. The average Bonchev–Trinajstić information content (AvgIpc) is 3.05. The molecule has 4 rings (SSSR count). The van der Waals surface area contributed by atoms with Crippen molar-refractivity contribution in [2.24, 2.45) is 0 Å². The van der Waals surface area contributed by atoms with Crippen molar-refractivity contribution >= 4 is 30.8 Å². The molecule has 0 aliphatic carbocycles. The van der Waals surface area contributed by atoms with Crippen LogP contribution in [0.5, 0.6) is 5.75 Å². The third kappa shape index (κ3) is 5.17. The van der Waals surface area contributed by atoms with Gasteiger partial charge in [-0.25, -0.2) is 18.5 Å². The SMILES string of the molecule is CC(F)(F)CCC(=O)N[C@H]1Cc2cccc(C(=O)OCN3C(=O)c4ccccc4C3=O)c2OB1O. The van der Waals surface area contributed by atoms with Gasteiger partial charge in [-0.3, -0.25) is 14.4 Å². The molecule has 0 fully saturated rings. The van der Waals surface area contributed by atoms with E-state index < -0.39 is 62.2 Å². The Bertz CT molecular complexity index is 1170. The molecule has 2 aliphatic rings. The highest BCUT2D eigenvalue weighted by molar-refractivity contribution is 6.47. The Morgan fingerprint density at radius 1 is 1.17 bits per heavy atom. The molecule has 3 amide bonds. The minimum Gasteiger partial charge on any atom is -0.534 e. The molecule has 1 atom stereocenters. The van der Waals surface area contributed by atoms with Crippen molar-refractivity contribution in [3.8, 4) is 5.75 Å². The van der Waals surface area contributed by atoms with Crippen LogP contribution in [-0.2, 0) is 16.0 Å². The Morgan fingerprint density at radius 3 is 2.46 bits per heavy atom. The van der Waals surface area contributed by atoms with Crippen molar-refractivity contribution in [3.05, 3.63) is 64.7 Å². The third-order valence-corrected chi connectivity index (χ3v) is 5.68. The van der Waals surface area contributed by atoms with Crippen LogP contribution < -0.4 is 9.97 Å². The number of halogens is 2. The minimum absolute atomic E-state index is 0.0259. The molecular formula is C23H21BF2N2O7. The first-order valence-corrected chi connectivity index (χ1v) is 10.8. The van der Waals surface area contributed by atoms with Gasteiger partial charge in [0.15, 0.2) is 6.73 Å². The zero-order chi connectivity index (χ0) is 25.3. The first-order chi connectivity index (χ1) is 16.5. The lowest BCUT2D eigenvalue weighted by Gasteiger charge is -2.29. The predicted octanol–water partition coefficient (Wildman–Crippen LogP) is 1.97. The lowest BCUT2D eigenvalue weighted by atomic mass is 9.72. The predicted molar refractivity (Wildman–Crippen MR) is 118 cm³/mol. The van der Waals surface area contributed by atoms with E-state index in [9.17, 15) is 33.0 Å². The van der Waals surface area contributed by atoms with Crippen LogP contribution in [0, 0.1) is 0 Å². The van der Waals surface area contributed by atoms with E-state index in [1.54, 1.807) is 18.2 Å². The van der Waals surface area contributed by atoms with Crippen molar-refractivity contribution in [1.29, 1.82) is 0 Å². The van der Waals surface area contributed by atoms with E-state index in [2.05, 4.69) is 5.32 Å². The molecule has 0 saturated carbocycles. The van der Waals surface area contributed by atoms with Gasteiger partial charge in [0, 0.05) is 12.8 Å². The van der Waals surface area contributed by atoms with Gasteiger partial charge >= 0.3 is 13.1 Å². The van der Waals surface area contributed by atoms with E-state index in [1.165, 1.54) is 24.3 Å². The van der Waals surface area contributed by atoms with Crippen LogP contribution in [0.25, 0.3) is 0 Å². The summed E-state index contributed by atoms with van der Waals surface area (Å²) in [6, 6.07) is 10.8. The number of imide groups is 1. The Hall–Kier alpha value is -3.80. The summed E-state index contributed by atoms with van der Waals surface area (Å²) < 4.78 is 36.6. The van der Waals surface area contributed by atoms with E-state index in [4.69, 9.17) is 9.39 Å². The van der Waals surface area contributed by atoms with Crippen LogP contribution >= 0.6 is 0 Å². The molecule has 0 unspecified atom stereocenters. The molecule has 9 nitrogen and oxygen atoms in total. The van der Waals surface area contributed by atoms with Crippen LogP contribution in [0.3, 0.4) is 0 Å². The summed E-state index contributed by atoms with van der Waals surface area (Å²) in [7, 11) is -1.54. The van der Waals surface area contributed by atoms with Crippen molar-refractivity contribution in [2.45, 2.75) is 38.0 Å². The molecule has 2 aromatic carbocycles. The summed E-state index contributed by atoms with van der Waals surface area (Å²) in [4.78, 5) is 50.4. The van der Waals surface area contributed by atoms with Crippen LogP contribution in [0.2, 0.25) is 0 Å². The number of carbonyl (C=O) groups excluding carboxylic acids is 4. The van der Waals surface area contributed by atoms with Gasteiger partial charge in [0.1, 0.15) is 11.3 Å². The normalized spacial score (nSPS) is 17.0. The highest BCUT2D eigenvalue weighted by atomic mass is 19.3. The molecule has 0 aromatic heterocycles. The van der Waals surface area contributed by atoms with Gasteiger partial charge in [0.2, 0.25) is 11.8 Å². The third-order valence-electron chi connectivity index (χ3n) is 5.68. The number of ether oxygens (including phenoxy) is 1. The number of esters is 1. The Kier molecular flexibility index (Phi) is 6.57. The number of alkyl halides is 2. The Labute approximate surface area is 199 Å². The number of hydrogen-bond acceptors (Lipinski definition) is 7. The maximum absolute atomic E-state index is 13.0. The number of nitrogens with one attached hydrogen (secondary N) is 1. The molecule has 0 spiro atoms. The van der Waals surface area contributed by atoms with E-state index in [-0.39, 0.29) is 28.9 Å². The maximum atomic E-state index is 13.0. The van der Waals surface area contributed by atoms with Gasteiger partial charge in [0.05, 0.1) is 17.1 Å². The molecule has 2 heterocycles. The largest absolute Gasteiger partial charge is 0.547 e. The fourth-order valence-electron chi connectivity index (χ4n) is 3.88. The molecular weight excluding hydrogens is 465 g/mol. The van der Waals surface area contributed by atoms with Gasteiger partial charge in [-0.1, -0.05) is 24.3 Å². The van der Waals surface area contributed by atoms with E-state index in [0.29, 0.717) is 12.5 Å². The second kappa shape index (κ2) is 9.45. The summed E-state index contributed by atoms with van der Waals surface area (Å²) in [6.45, 7) is 0.0994. The minimum atomic E-state index is -2.99. The molecule has 0 saturated heterocycles. The van der Waals surface area contributed by atoms with Gasteiger partial charge in [-0.2, -0.15) is 0 Å². The topological polar surface area (TPSA) is 122 Å². The summed E-state index contributed by atoms with van der Waals surface area (Å²) >= 11 is 0. The number of amides is 3. The first kappa shape index (κ1) is 24.3. The van der Waals surface area contributed by atoms with Gasteiger partial charge in [-0.15, -0.1) is 0 Å². The number of hydrogen-bond donors (Lipinski definition) is 2. The molecule has 12 heteroatoms. The van der Waals surface area contributed by atoms with Gasteiger partial charge in [-0.05, 0) is 37.1 Å². The van der Waals surface area contributed by atoms with Crippen LogP contribution in [0.4, 0.5) is 8.78 Å². The molecule has 182 valence electrons. The summed E-state index contributed by atoms with van der Waals surface area (Å²) in [5.41, 5.74) is 0.853. The van der Waals surface area contributed by atoms with Crippen molar-refractivity contribution < 1.29 is 42.4 Å². The summed E-state index contributed by atoms with van der Waals surface area (Å²) in [5.74, 6) is -6.60. The van der Waals surface area contributed by atoms with Crippen LogP contribution in [-0.4, -0.2) is 59.3 Å². The van der Waals surface area contributed by atoms with Crippen molar-refractivity contribution in [1.82, 2.24) is 10.2 Å². The number of carbonyl (C=O) groups is 4. The number of rotatable bonds is 7. The summed E-state index contributed by atoms with van der Waals surface area (Å²) in [6.07, 6.45) is -0.990. The van der Waals surface area contributed by atoms with E-state index in [1.807, 2.05) is 0 Å². The van der Waals surface area contributed by atoms with Crippen LogP contribution in [0.1, 0.15) is 56.4 Å². The second-order valence-electron chi connectivity index (χ2n) is 8.40. The second-order valence-corrected chi connectivity index (χ2v) is 8.40. The highest BCUT2D eigenvalue weighted by Crippen LogP contribution is 2.31. The van der Waals surface area contributed by atoms with Gasteiger partial charge in [0.25, 0.3) is 11.8 Å². The van der Waals surface area contributed by atoms with E-state index >= 15 is 0 Å². The maximum Gasteiger partial charge on any atom is 0.547 e. The van der Waals surface area contributed by atoms with Crippen LogP contribution in [0.15, 0.2) is 42.5 Å². The molecule has 0 radical (unpaired) electrons. The fraction of sp³-hybridized carbons (Fsp3) is 0.304. The molecule has 2 aliphatic heterocycles. The smallest absolute Gasteiger partial charge is 0.534 e. The molecule has 35 heavy (non-hydrogen) atoms. The average molecular weight is 486 g/mol. The Morgan fingerprint density at radius 2 is 1.83 bits per heavy atom. The number of benzene rings is 2. The van der Waals surface area contributed by atoms with Crippen molar-refractivity contribution in [3.63, 3.8) is 0 Å². The quantitative estimate of drug-likeness (QED) is 0.349. The zero-order valence-electron chi connectivity index (χ0n) is 18.6. The fourth-order valence-corrected chi connectivity index (χ4v) is 3.88.